The van der Waals surface area contributed by atoms with Gasteiger partial charge < -0.3 is 6.15 Å². The normalized spacial score (nSPS) is 25.8. The first kappa shape index (κ1) is 10.6. The van der Waals surface area contributed by atoms with Crippen LogP contribution in [0.5, 0.6) is 0 Å². The van der Waals surface area contributed by atoms with Crippen molar-refractivity contribution in [3.8, 4) is 0 Å². The highest BCUT2D eigenvalue weighted by atomic mass is 79.9. The number of rotatable bonds is 1. The first-order valence-electron chi connectivity index (χ1n) is 3.09. The molecule has 0 aromatic carbocycles. The van der Waals surface area contributed by atoms with E-state index in [1.54, 1.807) is 0 Å². The summed E-state index contributed by atoms with van der Waals surface area (Å²) in [5.41, 5.74) is 0. The van der Waals surface area contributed by atoms with Gasteiger partial charge in [-0.2, -0.15) is 0 Å². The van der Waals surface area contributed by atoms with E-state index in [9.17, 15) is 9.59 Å². The second-order valence-corrected chi connectivity index (χ2v) is 3.84. The van der Waals surface area contributed by atoms with Gasteiger partial charge in [0.25, 0.3) is 0 Å². The third-order valence-electron chi connectivity index (χ3n) is 1.56. The fraction of sp³-hybridized carbons (Fsp3) is 0.667. The van der Waals surface area contributed by atoms with Crippen molar-refractivity contribution in [2.24, 2.45) is 5.92 Å². The summed E-state index contributed by atoms with van der Waals surface area (Å²) in [5.74, 6) is -0.497. The van der Waals surface area contributed by atoms with E-state index in [0.29, 0.717) is 6.42 Å². The van der Waals surface area contributed by atoms with Crippen molar-refractivity contribution >= 4 is 27.7 Å². The number of hydrogen-bond donors (Lipinski definition) is 2. The molecule has 2 atom stereocenters. The molecule has 0 aromatic rings. The number of imide groups is 1. The van der Waals surface area contributed by atoms with Crippen LogP contribution in [0.2, 0.25) is 0 Å². The maximum atomic E-state index is 10.9. The Morgan fingerprint density at radius 3 is 2.36 bits per heavy atom. The van der Waals surface area contributed by atoms with Crippen molar-refractivity contribution in [1.29, 1.82) is 0 Å². The van der Waals surface area contributed by atoms with Gasteiger partial charge in [-0.15, -0.1) is 0 Å². The number of alkyl halides is 1. The maximum absolute atomic E-state index is 10.9. The van der Waals surface area contributed by atoms with Crippen LogP contribution in [0.1, 0.15) is 13.3 Å². The highest BCUT2D eigenvalue weighted by Crippen LogP contribution is 2.20. The van der Waals surface area contributed by atoms with Gasteiger partial charge in [0.15, 0.2) is 0 Å². The third-order valence-corrected chi connectivity index (χ3v) is 2.20. The smallest absolute Gasteiger partial charge is 0.231 e. The summed E-state index contributed by atoms with van der Waals surface area (Å²) in [7, 11) is 0. The molecule has 1 fully saturated rings. The van der Waals surface area contributed by atoms with Crippen LogP contribution in [-0.2, 0) is 9.59 Å². The molecule has 5 heteroatoms. The molecule has 1 rings (SSSR count). The molecule has 0 bridgehead atoms. The Morgan fingerprint density at radius 1 is 1.64 bits per heavy atom. The van der Waals surface area contributed by atoms with E-state index < -0.39 is 0 Å². The Morgan fingerprint density at radius 2 is 2.18 bits per heavy atom. The van der Waals surface area contributed by atoms with E-state index >= 15 is 0 Å². The molecular weight excluding hydrogens is 212 g/mol. The van der Waals surface area contributed by atoms with Crippen LogP contribution in [0.3, 0.4) is 0 Å². The quantitative estimate of drug-likeness (QED) is 0.504. The molecule has 0 aliphatic carbocycles. The molecule has 1 saturated heterocycles. The lowest BCUT2D eigenvalue weighted by Crippen LogP contribution is -2.24. The van der Waals surface area contributed by atoms with Crippen molar-refractivity contribution in [3.63, 3.8) is 0 Å². The van der Waals surface area contributed by atoms with E-state index in [2.05, 4.69) is 21.2 Å². The van der Waals surface area contributed by atoms with Gasteiger partial charge in [-0.25, -0.2) is 0 Å². The van der Waals surface area contributed by atoms with E-state index in [-0.39, 0.29) is 28.7 Å². The molecule has 4 nitrogen and oxygen atoms in total. The van der Waals surface area contributed by atoms with Gasteiger partial charge in [-0.1, -0.05) is 22.9 Å². The second kappa shape index (κ2) is 3.82. The van der Waals surface area contributed by atoms with Gasteiger partial charge in [-0.05, 0) is 0 Å². The van der Waals surface area contributed by atoms with Gasteiger partial charge in [-0.3, -0.25) is 14.9 Å². The fourth-order valence-corrected chi connectivity index (χ4v) is 1.37. The Balaban J connectivity index is 0.000001000. The number of nitrogens with one attached hydrogen (secondary N) is 1. The van der Waals surface area contributed by atoms with Gasteiger partial charge in [0.1, 0.15) is 0 Å². The predicted octanol–water partition coefficient (Wildman–Crippen LogP) is 0.595. The number of carbonyl (C=O) groups is 2. The molecule has 1 aliphatic heterocycles. The molecule has 11 heavy (non-hydrogen) atoms. The summed E-state index contributed by atoms with van der Waals surface area (Å²) < 4.78 is 0. The Labute approximate surface area is 73.4 Å². The van der Waals surface area contributed by atoms with Crippen LogP contribution in [0.15, 0.2) is 0 Å². The molecule has 4 N–H and O–H groups in total. The SMILES string of the molecule is CC(Br)C1CC(=O)NC1=O.N. The standard InChI is InChI=1S/C6H8BrNO2.H3N/c1-3(7)4-2-5(9)8-6(4)10;/h3-4H,2H2,1H3,(H,8,9,10);1H3. The van der Waals surface area contributed by atoms with Gasteiger partial charge >= 0.3 is 0 Å². The molecule has 0 radical (unpaired) electrons. The largest absolute Gasteiger partial charge is 0.344 e. The topological polar surface area (TPSA) is 81.2 Å². The summed E-state index contributed by atoms with van der Waals surface area (Å²) in [4.78, 5) is 21.6. The molecule has 0 aromatic heterocycles. The van der Waals surface area contributed by atoms with Crippen LogP contribution in [0.4, 0.5) is 0 Å². The molecule has 1 aliphatic rings. The molecule has 1 heterocycles. The molecule has 0 saturated carbocycles. The van der Waals surface area contributed by atoms with Crippen molar-refractivity contribution in [2.75, 3.05) is 0 Å². The maximum Gasteiger partial charge on any atom is 0.231 e. The average Bonchev–Trinajstić information content (AvgIpc) is 2.10. The Kier molecular flexibility index (Phi) is 3.68. The minimum absolute atomic E-state index is 0. The second-order valence-electron chi connectivity index (χ2n) is 2.40. The number of halogens is 1. The molecule has 64 valence electrons. The van der Waals surface area contributed by atoms with Crippen LogP contribution in [0, 0.1) is 5.92 Å². The lowest BCUT2D eigenvalue weighted by atomic mass is 10.1. The van der Waals surface area contributed by atoms with Crippen molar-refractivity contribution in [2.45, 2.75) is 18.2 Å². The van der Waals surface area contributed by atoms with Crippen molar-refractivity contribution in [1.82, 2.24) is 11.5 Å². The lowest BCUT2D eigenvalue weighted by Gasteiger charge is -2.05. The highest BCUT2D eigenvalue weighted by molar-refractivity contribution is 9.09. The molecule has 2 amide bonds. The van der Waals surface area contributed by atoms with Crippen LogP contribution < -0.4 is 11.5 Å². The van der Waals surface area contributed by atoms with Crippen LogP contribution in [0.25, 0.3) is 0 Å². The predicted molar refractivity (Wildman–Crippen MR) is 44.7 cm³/mol. The first-order valence-corrected chi connectivity index (χ1v) is 4.00. The van der Waals surface area contributed by atoms with Gasteiger partial charge in [0.2, 0.25) is 11.8 Å². The van der Waals surface area contributed by atoms with Crippen molar-refractivity contribution in [3.05, 3.63) is 0 Å². The zero-order valence-corrected chi connectivity index (χ0v) is 7.85. The minimum atomic E-state index is -0.174. The summed E-state index contributed by atoms with van der Waals surface area (Å²) in [6.45, 7) is 1.86. The summed E-state index contributed by atoms with van der Waals surface area (Å²) in [5, 5.41) is 2.24. The summed E-state index contributed by atoms with van der Waals surface area (Å²) in [6, 6.07) is 0. The number of hydrogen-bond acceptors (Lipinski definition) is 3. The van der Waals surface area contributed by atoms with Gasteiger partial charge in [0, 0.05) is 11.2 Å². The number of amides is 2. The minimum Gasteiger partial charge on any atom is -0.344 e. The molecular formula is C6H11BrN2O2. The highest BCUT2D eigenvalue weighted by Gasteiger charge is 2.33. The van der Waals surface area contributed by atoms with E-state index in [0.717, 1.165) is 0 Å². The third kappa shape index (κ3) is 2.27. The van der Waals surface area contributed by atoms with E-state index in [1.165, 1.54) is 0 Å². The van der Waals surface area contributed by atoms with Crippen LogP contribution in [-0.4, -0.2) is 16.6 Å². The summed E-state index contributed by atoms with van der Waals surface area (Å²) >= 11 is 3.26. The Bertz CT molecular complexity index is 181. The zero-order valence-electron chi connectivity index (χ0n) is 6.26. The summed E-state index contributed by atoms with van der Waals surface area (Å²) in [6.07, 6.45) is 0.325. The zero-order chi connectivity index (χ0) is 7.72. The number of carbonyl (C=O) groups excluding carboxylic acids is 2. The average molecular weight is 223 g/mol. The fourth-order valence-electron chi connectivity index (χ4n) is 0.945. The monoisotopic (exact) mass is 222 g/mol. The van der Waals surface area contributed by atoms with E-state index in [1.807, 2.05) is 6.92 Å². The van der Waals surface area contributed by atoms with Crippen LogP contribution >= 0.6 is 15.9 Å². The molecule has 2 unspecified atom stereocenters. The van der Waals surface area contributed by atoms with Crippen molar-refractivity contribution < 1.29 is 9.59 Å². The van der Waals surface area contributed by atoms with E-state index in [4.69, 9.17) is 0 Å². The lowest BCUT2D eigenvalue weighted by molar-refractivity contribution is -0.125. The van der Waals surface area contributed by atoms with Gasteiger partial charge in [0.05, 0.1) is 5.92 Å². The molecule has 0 spiro atoms. The first-order chi connectivity index (χ1) is 4.61. The Hall–Kier alpha value is -0.420.